The highest BCUT2D eigenvalue weighted by Crippen LogP contribution is 2.24. The second kappa shape index (κ2) is 6.41. The van der Waals surface area contributed by atoms with Crippen molar-refractivity contribution in [2.24, 2.45) is 0 Å². The molecule has 1 aromatic heterocycles. The van der Waals surface area contributed by atoms with Gasteiger partial charge >= 0.3 is 0 Å². The van der Waals surface area contributed by atoms with Crippen LogP contribution in [0.2, 0.25) is 0 Å². The van der Waals surface area contributed by atoms with Gasteiger partial charge in [0.25, 0.3) is 0 Å². The molecule has 3 aromatic rings. The second-order valence-corrected chi connectivity index (χ2v) is 8.26. The number of hydrogen-bond acceptors (Lipinski definition) is 5. The summed E-state index contributed by atoms with van der Waals surface area (Å²) in [4.78, 5) is 4.86. The Morgan fingerprint density at radius 2 is 1.62 bits per heavy atom. The smallest absolute Gasteiger partial charge is 0.191 e. The molecule has 0 aliphatic heterocycles. The van der Waals surface area contributed by atoms with Crippen molar-refractivity contribution in [3.8, 4) is 17.1 Å². The van der Waals surface area contributed by atoms with Gasteiger partial charge in [0.2, 0.25) is 0 Å². The Kier molecular flexibility index (Phi) is 4.47. The molecule has 124 valence electrons. The number of aromatic nitrogens is 3. The molecule has 2 aromatic carbocycles. The lowest BCUT2D eigenvalue weighted by Crippen LogP contribution is -2.01. The Bertz CT molecular complexity index is 960. The van der Waals surface area contributed by atoms with Gasteiger partial charge in [0, 0.05) is 11.8 Å². The number of sulfone groups is 1. The average Bonchev–Trinajstić information content (AvgIpc) is 2.99. The van der Waals surface area contributed by atoms with Crippen LogP contribution < -0.4 is 0 Å². The normalized spacial score (nSPS) is 11.6. The Morgan fingerprint density at radius 3 is 2.17 bits per heavy atom. The van der Waals surface area contributed by atoms with E-state index in [-0.39, 0.29) is 4.90 Å². The van der Waals surface area contributed by atoms with Crippen LogP contribution in [0.3, 0.4) is 0 Å². The van der Waals surface area contributed by atoms with Crippen LogP contribution in [0.5, 0.6) is 0 Å². The minimum atomic E-state index is -3.21. The van der Waals surface area contributed by atoms with E-state index in [9.17, 15) is 8.42 Å². The first kappa shape index (κ1) is 16.7. The third-order valence-electron chi connectivity index (χ3n) is 3.58. The summed E-state index contributed by atoms with van der Waals surface area (Å²) in [5, 5.41) is 5.33. The van der Waals surface area contributed by atoms with Crippen LogP contribution in [0.25, 0.3) is 17.1 Å². The van der Waals surface area contributed by atoms with Crippen LogP contribution in [-0.4, -0.2) is 35.7 Å². The van der Waals surface area contributed by atoms with Gasteiger partial charge in [0.05, 0.1) is 10.6 Å². The molecule has 0 saturated carbocycles. The maximum absolute atomic E-state index is 11.6. The second-order valence-electron chi connectivity index (χ2n) is 5.47. The number of aryl methyl sites for hydroxylation is 1. The molecule has 0 spiro atoms. The van der Waals surface area contributed by atoms with Crippen LogP contribution in [0.15, 0.2) is 58.6 Å². The molecular weight excluding hydrogens is 342 g/mol. The van der Waals surface area contributed by atoms with E-state index in [1.165, 1.54) is 23.6 Å². The van der Waals surface area contributed by atoms with Crippen molar-refractivity contribution in [1.82, 2.24) is 14.8 Å². The topological polar surface area (TPSA) is 64.8 Å². The Morgan fingerprint density at radius 1 is 1.00 bits per heavy atom. The van der Waals surface area contributed by atoms with Gasteiger partial charge in [0.15, 0.2) is 20.8 Å². The summed E-state index contributed by atoms with van der Waals surface area (Å²) in [7, 11) is -3.21. The van der Waals surface area contributed by atoms with Crippen molar-refractivity contribution in [1.29, 1.82) is 0 Å². The fraction of sp³-hybridized carbons (Fsp3) is 0.176. The third-order valence-corrected chi connectivity index (χ3v) is 5.34. The highest BCUT2D eigenvalue weighted by Gasteiger charge is 2.13. The first-order valence-corrected chi connectivity index (χ1v) is 10.4. The lowest BCUT2D eigenvalue weighted by molar-refractivity contribution is 0.602. The van der Waals surface area contributed by atoms with Crippen LogP contribution in [-0.2, 0) is 9.84 Å². The molecule has 0 saturated heterocycles. The molecule has 1 heterocycles. The molecule has 0 fully saturated rings. The van der Waals surface area contributed by atoms with Gasteiger partial charge in [-0.05, 0) is 37.4 Å². The zero-order valence-corrected chi connectivity index (χ0v) is 15.2. The third kappa shape index (κ3) is 3.37. The van der Waals surface area contributed by atoms with Crippen molar-refractivity contribution in [3.05, 3.63) is 54.1 Å². The molecule has 0 amide bonds. The maximum atomic E-state index is 11.6. The van der Waals surface area contributed by atoms with E-state index in [4.69, 9.17) is 0 Å². The molecule has 0 radical (unpaired) electrons. The van der Waals surface area contributed by atoms with E-state index < -0.39 is 9.84 Å². The number of hydrogen-bond donors (Lipinski definition) is 0. The minimum Gasteiger partial charge on any atom is -0.224 e. The lowest BCUT2D eigenvalue weighted by Gasteiger charge is -2.04. The van der Waals surface area contributed by atoms with Crippen LogP contribution in [0.1, 0.15) is 5.56 Å². The molecule has 5 nitrogen and oxygen atoms in total. The van der Waals surface area contributed by atoms with Gasteiger partial charge in [-0.15, -0.1) is 5.10 Å². The molecule has 0 aliphatic carbocycles. The fourth-order valence-corrected chi connectivity index (χ4v) is 3.38. The molecular formula is C17H17N3O2S2. The van der Waals surface area contributed by atoms with E-state index >= 15 is 0 Å². The molecule has 7 heteroatoms. The summed E-state index contributed by atoms with van der Waals surface area (Å²) in [5.41, 5.74) is 2.90. The van der Waals surface area contributed by atoms with Crippen LogP contribution in [0.4, 0.5) is 0 Å². The summed E-state index contributed by atoms with van der Waals surface area (Å²) >= 11 is 1.49. The number of nitrogens with zero attached hydrogens (tertiary/aromatic N) is 3. The van der Waals surface area contributed by atoms with E-state index in [1.54, 1.807) is 28.9 Å². The number of thioether (sulfide) groups is 1. The van der Waals surface area contributed by atoms with Crippen molar-refractivity contribution in [2.45, 2.75) is 17.0 Å². The minimum absolute atomic E-state index is 0.288. The molecule has 0 N–H and O–H groups in total. The largest absolute Gasteiger partial charge is 0.224 e. The summed E-state index contributed by atoms with van der Waals surface area (Å²) in [6.07, 6.45) is 3.13. The summed E-state index contributed by atoms with van der Waals surface area (Å²) in [6, 6.07) is 14.7. The quantitative estimate of drug-likeness (QED) is 0.668. The standard InChI is InChI=1S/C17H17N3O2S2/c1-12-4-6-13(7-5-12)16-18-17(23-2)20(19-16)14-8-10-15(11-9-14)24(3,21)22/h4-11H,1-3H3. The van der Waals surface area contributed by atoms with E-state index in [2.05, 4.69) is 10.1 Å². The van der Waals surface area contributed by atoms with Gasteiger partial charge < -0.3 is 0 Å². The van der Waals surface area contributed by atoms with Gasteiger partial charge in [-0.1, -0.05) is 41.6 Å². The molecule has 0 aliphatic rings. The Labute approximate surface area is 145 Å². The predicted molar refractivity (Wildman–Crippen MR) is 96.4 cm³/mol. The van der Waals surface area contributed by atoms with E-state index in [1.807, 2.05) is 37.4 Å². The van der Waals surface area contributed by atoms with Gasteiger partial charge in [0.1, 0.15) is 0 Å². The summed E-state index contributed by atoms with van der Waals surface area (Å²) in [6.45, 7) is 2.03. The summed E-state index contributed by atoms with van der Waals surface area (Å²) in [5.74, 6) is 0.645. The zero-order valence-electron chi connectivity index (χ0n) is 13.6. The fourth-order valence-electron chi connectivity index (χ4n) is 2.26. The highest BCUT2D eigenvalue weighted by molar-refractivity contribution is 7.98. The molecule has 24 heavy (non-hydrogen) atoms. The van der Waals surface area contributed by atoms with Crippen molar-refractivity contribution in [3.63, 3.8) is 0 Å². The Hall–Kier alpha value is -2.12. The van der Waals surface area contributed by atoms with Crippen molar-refractivity contribution >= 4 is 21.6 Å². The highest BCUT2D eigenvalue weighted by atomic mass is 32.2. The van der Waals surface area contributed by atoms with Gasteiger partial charge in [-0.2, -0.15) is 0 Å². The maximum Gasteiger partial charge on any atom is 0.191 e. The van der Waals surface area contributed by atoms with Crippen LogP contribution >= 0.6 is 11.8 Å². The van der Waals surface area contributed by atoms with Crippen molar-refractivity contribution in [2.75, 3.05) is 12.5 Å². The SMILES string of the molecule is CSc1nc(-c2ccc(C)cc2)nn1-c1ccc(S(C)(=O)=O)cc1. The zero-order chi connectivity index (χ0) is 17.3. The number of rotatable bonds is 4. The van der Waals surface area contributed by atoms with Gasteiger partial charge in [-0.25, -0.2) is 18.1 Å². The monoisotopic (exact) mass is 359 g/mol. The predicted octanol–water partition coefficient (Wildman–Crippen LogP) is 3.37. The molecule has 0 atom stereocenters. The number of benzene rings is 2. The van der Waals surface area contributed by atoms with E-state index in [0.717, 1.165) is 16.4 Å². The Balaban J connectivity index is 2.03. The molecule has 0 bridgehead atoms. The first-order valence-electron chi connectivity index (χ1n) is 7.27. The van der Waals surface area contributed by atoms with Crippen LogP contribution in [0, 0.1) is 6.92 Å². The lowest BCUT2D eigenvalue weighted by atomic mass is 10.1. The summed E-state index contributed by atoms with van der Waals surface area (Å²) < 4.78 is 24.9. The van der Waals surface area contributed by atoms with E-state index in [0.29, 0.717) is 5.82 Å². The molecule has 0 unspecified atom stereocenters. The van der Waals surface area contributed by atoms with Gasteiger partial charge in [-0.3, -0.25) is 0 Å². The molecule has 3 rings (SSSR count). The first-order chi connectivity index (χ1) is 11.4. The van der Waals surface area contributed by atoms with Crippen molar-refractivity contribution < 1.29 is 8.42 Å². The average molecular weight is 359 g/mol.